The third-order valence-corrected chi connectivity index (χ3v) is 9.84. The van der Waals surface area contributed by atoms with Gasteiger partial charge in [-0.3, -0.25) is 0 Å². The number of rotatable bonds is 8. The summed E-state index contributed by atoms with van der Waals surface area (Å²) in [5.74, 6) is 0. The third-order valence-electron chi connectivity index (χ3n) is 9.84. The van der Waals surface area contributed by atoms with Gasteiger partial charge in [0.25, 0.3) is 0 Å². The normalized spacial score (nSPS) is 15.0. The molecule has 2 aromatic heterocycles. The molecule has 6 aromatic carbocycles. The van der Waals surface area contributed by atoms with Crippen LogP contribution in [-0.4, -0.2) is 41.4 Å². The molecule has 0 N–H and O–H groups in total. The fourth-order valence-corrected chi connectivity index (χ4v) is 6.98. The van der Waals surface area contributed by atoms with Crippen molar-refractivity contribution in [1.82, 2.24) is 30.0 Å². The van der Waals surface area contributed by atoms with Crippen molar-refractivity contribution in [2.24, 2.45) is 9.98 Å². The predicted molar refractivity (Wildman–Crippen MR) is 208 cm³/mol. The Morgan fingerprint density at radius 3 is 1.31 bits per heavy atom. The van der Waals surface area contributed by atoms with E-state index in [1.807, 2.05) is 94.6 Å². The van der Waals surface area contributed by atoms with Gasteiger partial charge in [-0.1, -0.05) is 144 Å². The number of hydrogen-bond acceptors (Lipinski definition) is 6. The molecule has 52 heavy (non-hydrogen) atoms. The van der Waals surface area contributed by atoms with Gasteiger partial charge in [0.1, 0.15) is 11.4 Å². The molecule has 0 aliphatic heterocycles. The van der Waals surface area contributed by atoms with E-state index in [9.17, 15) is 0 Å². The Labute approximate surface area is 301 Å². The van der Waals surface area contributed by atoms with E-state index >= 15 is 0 Å². The molecule has 8 heteroatoms. The number of aromatic nitrogens is 6. The Hall–Kier alpha value is -6.80. The molecule has 8 aromatic rings. The van der Waals surface area contributed by atoms with Gasteiger partial charge in [-0.05, 0) is 42.5 Å². The Balaban J connectivity index is 1.15. The van der Waals surface area contributed by atoms with Crippen molar-refractivity contribution in [3.05, 3.63) is 180 Å². The maximum Gasteiger partial charge on any atom is 0.115 e. The summed E-state index contributed by atoms with van der Waals surface area (Å²) < 4.78 is 3.81. The average molecular weight is 675 g/mol. The van der Waals surface area contributed by atoms with Gasteiger partial charge in [-0.2, -0.15) is 0 Å². The quantitative estimate of drug-likeness (QED) is 0.161. The molecule has 2 atom stereocenters. The van der Waals surface area contributed by atoms with Crippen molar-refractivity contribution in [3.63, 3.8) is 0 Å². The fourth-order valence-electron chi connectivity index (χ4n) is 6.98. The van der Waals surface area contributed by atoms with Crippen LogP contribution in [-0.2, 0) is 0 Å². The van der Waals surface area contributed by atoms with Gasteiger partial charge in [0.05, 0.1) is 47.3 Å². The molecule has 0 unspecified atom stereocenters. The second-order valence-corrected chi connectivity index (χ2v) is 13.0. The molecular formula is C44H34N8. The van der Waals surface area contributed by atoms with Gasteiger partial charge >= 0.3 is 0 Å². The molecule has 0 saturated heterocycles. The highest BCUT2D eigenvalue weighted by Crippen LogP contribution is 2.38. The van der Waals surface area contributed by atoms with Crippen LogP contribution in [0.25, 0.3) is 33.3 Å². The van der Waals surface area contributed by atoms with Crippen molar-refractivity contribution in [2.75, 3.05) is 0 Å². The molecule has 0 spiro atoms. The summed E-state index contributed by atoms with van der Waals surface area (Å²) in [6.45, 7) is 4.25. The first-order valence-corrected chi connectivity index (χ1v) is 17.4. The lowest BCUT2D eigenvalue weighted by Gasteiger charge is -2.11. The van der Waals surface area contributed by atoms with E-state index in [4.69, 9.17) is 9.98 Å². The summed E-state index contributed by atoms with van der Waals surface area (Å²) in [4.78, 5) is 10.8. The molecule has 0 saturated carbocycles. The van der Waals surface area contributed by atoms with E-state index in [1.54, 1.807) is 0 Å². The van der Waals surface area contributed by atoms with Gasteiger partial charge in [-0.25, -0.2) is 19.3 Å². The first kappa shape index (κ1) is 31.2. The molecule has 0 bridgehead atoms. The lowest BCUT2D eigenvalue weighted by atomic mass is 10.1. The lowest BCUT2D eigenvalue weighted by molar-refractivity contribution is 0.543. The van der Waals surface area contributed by atoms with Crippen LogP contribution < -0.4 is 0 Å². The zero-order valence-corrected chi connectivity index (χ0v) is 28.7. The standard InChI is InChI=1S/C44H34N8/c1-29(31-15-5-3-6-16-31)51-27-40(47-49-51)34-21-9-11-25-38(34)45-43-36-23-13-19-33-20-14-24-37(42(33)36)44(43)46-39-26-12-10-22-35(39)41-28-52(50-48-41)30(2)32-17-7-4-8-18-32/h3-30H,1-2H3/t29-,30-/m1/s1. The van der Waals surface area contributed by atoms with Gasteiger partial charge < -0.3 is 0 Å². The van der Waals surface area contributed by atoms with Crippen LogP contribution in [0.4, 0.5) is 11.4 Å². The third kappa shape index (κ3) is 5.60. The van der Waals surface area contributed by atoms with Crippen LogP contribution in [0.1, 0.15) is 48.2 Å². The molecule has 0 radical (unpaired) electrons. The van der Waals surface area contributed by atoms with E-state index < -0.39 is 0 Å². The topological polar surface area (TPSA) is 86.1 Å². The van der Waals surface area contributed by atoms with Gasteiger partial charge in [0.15, 0.2) is 0 Å². The second kappa shape index (κ2) is 13.2. The number of aliphatic imine (C=N–C) groups is 2. The molecule has 1 aliphatic carbocycles. The van der Waals surface area contributed by atoms with Crippen LogP contribution in [0, 0.1) is 0 Å². The summed E-state index contributed by atoms with van der Waals surface area (Å²) in [6.07, 6.45) is 4.00. The Morgan fingerprint density at radius 2 is 0.846 bits per heavy atom. The van der Waals surface area contributed by atoms with Crippen molar-refractivity contribution < 1.29 is 0 Å². The highest BCUT2D eigenvalue weighted by atomic mass is 15.4. The van der Waals surface area contributed by atoms with Gasteiger partial charge in [-0.15, -0.1) is 10.2 Å². The molecule has 1 aliphatic rings. The maximum absolute atomic E-state index is 5.40. The lowest BCUT2D eigenvalue weighted by Crippen LogP contribution is -2.10. The van der Waals surface area contributed by atoms with E-state index in [2.05, 4.69) is 107 Å². The number of nitrogens with zero attached hydrogens (tertiary/aromatic N) is 8. The molecule has 0 amide bonds. The monoisotopic (exact) mass is 674 g/mol. The summed E-state index contributed by atoms with van der Waals surface area (Å²) in [6, 6.07) is 49.7. The first-order chi connectivity index (χ1) is 25.6. The van der Waals surface area contributed by atoms with Gasteiger partial charge in [0, 0.05) is 27.6 Å². The van der Waals surface area contributed by atoms with E-state index in [0.717, 1.165) is 67.2 Å². The molecular weight excluding hydrogens is 641 g/mol. The smallest absolute Gasteiger partial charge is 0.115 e. The minimum Gasteiger partial charge on any atom is -0.245 e. The minimum absolute atomic E-state index is 0.0322. The van der Waals surface area contributed by atoms with Crippen LogP contribution in [0.3, 0.4) is 0 Å². The largest absolute Gasteiger partial charge is 0.245 e. The molecule has 9 rings (SSSR count). The Kier molecular flexibility index (Phi) is 7.89. The molecule has 250 valence electrons. The van der Waals surface area contributed by atoms with Crippen LogP contribution >= 0.6 is 0 Å². The Morgan fingerprint density at radius 1 is 0.442 bits per heavy atom. The van der Waals surface area contributed by atoms with Crippen LogP contribution in [0.2, 0.25) is 0 Å². The van der Waals surface area contributed by atoms with Crippen LogP contribution in [0.15, 0.2) is 168 Å². The Bertz CT molecular complexity index is 2440. The van der Waals surface area contributed by atoms with E-state index in [1.165, 1.54) is 11.1 Å². The minimum atomic E-state index is 0.0322. The maximum atomic E-state index is 5.40. The number of para-hydroxylation sites is 2. The molecule has 8 nitrogen and oxygen atoms in total. The number of hydrogen-bond donors (Lipinski definition) is 0. The predicted octanol–water partition coefficient (Wildman–Crippen LogP) is 9.83. The van der Waals surface area contributed by atoms with Gasteiger partial charge in [0.2, 0.25) is 0 Å². The average Bonchev–Trinajstić information content (AvgIpc) is 3.96. The number of benzene rings is 6. The van der Waals surface area contributed by atoms with Crippen molar-refractivity contribution in [2.45, 2.75) is 25.9 Å². The molecule has 2 heterocycles. The SMILES string of the molecule is C[C@H](c1ccccc1)n1cc(-c2ccccc2N=C2C(=Nc3ccccc3-c3cn([C@H](C)c4ccccc4)nn3)c3cccc4cccc2c34)nn1. The van der Waals surface area contributed by atoms with Crippen molar-refractivity contribution in [3.8, 4) is 22.5 Å². The van der Waals surface area contributed by atoms with E-state index in [-0.39, 0.29) is 12.1 Å². The highest BCUT2D eigenvalue weighted by Gasteiger charge is 2.28. The fraction of sp³-hybridized carbons (Fsp3) is 0.0909. The summed E-state index contributed by atoms with van der Waals surface area (Å²) >= 11 is 0. The summed E-state index contributed by atoms with van der Waals surface area (Å²) in [5, 5.41) is 20.6. The molecule has 0 fully saturated rings. The summed E-state index contributed by atoms with van der Waals surface area (Å²) in [5.41, 5.74) is 10.9. The van der Waals surface area contributed by atoms with Crippen LogP contribution in [0.5, 0.6) is 0 Å². The van der Waals surface area contributed by atoms with Crippen molar-refractivity contribution in [1.29, 1.82) is 0 Å². The highest BCUT2D eigenvalue weighted by molar-refractivity contribution is 6.61. The summed E-state index contributed by atoms with van der Waals surface area (Å²) in [7, 11) is 0. The zero-order chi connectivity index (χ0) is 35.0. The second-order valence-electron chi connectivity index (χ2n) is 13.0. The first-order valence-electron chi connectivity index (χ1n) is 17.4. The zero-order valence-electron chi connectivity index (χ0n) is 28.7. The van der Waals surface area contributed by atoms with E-state index in [0.29, 0.717) is 0 Å². The van der Waals surface area contributed by atoms with Crippen molar-refractivity contribution >= 4 is 33.6 Å².